The van der Waals surface area contributed by atoms with E-state index in [9.17, 15) is 27.6 Å². The second kappa shape index (κ2) is 13.2. The third kappa shape index (κ3) is 9.33. The van der Waals surface area contributed by atoms with Crippen molar-refractivity contribution in [3.05, 3.63) is 53.7 Å². The third-order valence-corrected chi connectivity index (χ3v) is 5.92. The van der Waals surface area contributed by atoms with Gasteiger partial charge in [-0.15, -0.1) is 0 Å². The molecule has 0 spiro atoms. The highest BCUT2D eigenvalue weighted by molar-refractivity contribution is 7.90. The van der Waals surface area contributed by atoms with Gasteiger partial charge in [0.15, 0.2) is 0 Å². The number of benzene rings is 1. The molecule has 36 heavy (non-hydrogen) atoms. The summed E-state index contributed by atoms with van der Waals surface area (Å²) in [5.74, 6) is -1.71. The van der Waals surface area contributed by atoms with Gasteiger partial charge in [0.2, 0.25) is 11.8 Å². The monoisotopic (exact) mass is 520 g/mol. The zero-order chi connectivity index (χ0) is 26.7. The molecule has 0 unspecified atom stereocenters. The van der Waals surface area contributed by atoms with E-state index < -0.39 is 28.0 Å². The topological polar surface area (TPSA) is 170 Å². The lowest BCUT2D eigenvalue weighted by Crippen LogP contribution is -2.31. The van der Waals surface area contributed by atoms with E-state index in [-0.39, 0.29) is 41.3 Å². The van der Waals surface area contributed by atoms with E-state index in [4.69, 9.17) is 4.74 Å². The molecule has 0 aliphatic carbocycles. The molecule has 1 aromatic heterocycles. The number of hydrogen-bond acceptors (Lipinski definition) is 9. The number of sulfonamides is 1. The zero-order valence-electron chi connectivity index (χ0n) is 20.1. The van der Waals surface area contributed by atoms with Gasteiger partial charge in [-0.25, -0.2) is 22.9 Å². The Labute approximate surface area is 208 Å². The summed E-state index contributed by atoms with van der Waals surface area (Å²) in [6.45, 7) is 5.25. The lowest BCUT2D eigenvalue weighted by atomic mass is 10.1. The molecule has 2 rings (SSSR count). The first kappa shape index (κ1) is 28.2. The molecule has 0 radical (unpaired) electrons. The number of pyridine rings is 1. The van der Waals surface area contributed by atoms with E-state index in [0.29, 0.717) is 13.0 Å². The average Bonchev–Trinajstić information content (AvgIpc) is 2.82. The smallest absolute Gasteiger partial charge is 0.414 e. The van der Waals surface area contributed by atoms with Gasteiger partial charge in [0.25, 0.3) is 15.9 Å². The highest BCUT2D eigenvalue weighted by Gasteiger charge is 2.19. The number of nitrogens with zero attached hydrogens (tertiary/aromatic N) is 1. The summed E-state index contributed by atoms with van der Waals surface area (Å²) in [5, 5.41) is 5.12. The van der Waals surface area contributed by atoms with Crippen LogP contribution in [-0.2, 0) is 30.8 Å². The average molecular weight is 521 g/mol. The van der Waals surface area contributed by atoms with E-state index in [1.165, 1.54) is 31.2 Å². The van der Waals surface area contributed by atoms with Gasteiger partial charge >= 0.3 is 12.1 Å². The second-order valence-corrected chi connectivity index (χ2v) is 9.50. The van der Waals surface area contributed by atoms with Gasteiger partial charge in [0, 0.05) is 31.6 Å². The summed E-state index contributed by atoms with van der Waals surface area (Å²) in [6.07, 6.45) is 0.733. The standard InChI is InChI=1S/C23H28N4O8S/c1-15(2)21(29)24-11-10-17-4-7-19(8-5-17)36(32,33)27-22(30)18-6-9-20(26-14-18)35-23(31)25-12-13-34-16(3)28/h4-9,14-15H,10-13H2,1-3H3,(H,24,29)(H,25,31)(H,27,30). The first-order chi connectivity index (χ1) is 17.0. The van der Waals surface area contributed by atoms with Crippen molar-refractivity contribution in [3.63, 3.8) is 0 Å². The van der Waals surface area contributed by atoms with Gasteiger partial charge in [-0.1, -0.05) is 26.0 Å². The molecule has 0 fully saturated rings. The lowest BCUT2D eigenvalue weighted by molar-refractivity contribution is -0.140. The minimum Gasteiger partial charge on any atom is -0.464 e. The van der Waals surface area contributed by atoms with Crippen molar-refractivity contribution in [2.75, 3.05) is 19.7 Å². The fraction of sp³-hybridized carbons (Fsp3) is 0.348. The molecule has 2 aromatic rings. The number of aromatic nitrogens is 1. The van der Waals surface area contributed by atoms with Crippen molar-refractivity contribution < 1.29 is 37.1 Å². The van der Waals surface area contributed by atoms with E-state index in [2.05, 4.69) is 20.4 Å². The molecule has 3 amide bonds. The predicted octanol–water partition coefficient (Wildman–Crippen LogP) is 1.17. The molecule has 0 aliphatic rings. The van der Waals surface area contributed by atoms with Crippen LogP contribution < -0.4 is 20.1 Å². The van der Waals surface area contributed by atoms with Gasteiger partial charge in [-0.2, -0.15) is 0 Å². The fourth-order valence-corrected chi connectivity index (χ4v) is 3.64. The van der Waals surface area contributed by atoms with Crippen LogP contribution in [0.15, 0.2) is 47.5 Å². The van der Waals surface area contributed by atoms with Crippen molar-refractivity contribution >= 4 is 33.9 Å². The van der Waals surface area contributed by atoms with Crippen molar-refractivity contribution in [1.29, 1.82) is 0 Å². The van der Waals surface area contributed by atoms with Crippen molar-refractivity contribution in [2.24, 2.45) is 5.92 Å². The Hall–Kier alpha value is -4.00. The minimum atomic E-state index is -4.15. The molecule has 12 nitrogen and oxygen atoms in total. The largest absolute Gasteiger partial charge is 0.464 e. The first-order valence-corrected chi connectivity index (χ1v) is 12.4. The normalized spacial score (nSPS) is 10.9. The maximum Gasteiger partial charge on any atom is 0.414 e. The number of esters is 1. The fourth-order valence-electron chi connectivity index (χ4n) is 2.66. The molecular formula is C23H28N4O8S. The molecule has 0 bridgehead atoms. The van der Waals surface area contributed by atoms with Crippen LogP contribution in [0.25, 0.3) is 0 Å². The Morgan fingerprint density at radius 2 is 1.67 bits per heavy atom. The number of nitrogens with one attached hydrogen (secondary N) is 3. The highest BCUT2D eigenvalue weighted by Crippen LogP contribution is 2.13. The molecular weight excluding hydrogens is 492 g/mol. The molecule has 1 heterocycles. The van der Waals surface area contributed by atoms with Crippen LogP contribution in [0.2, 0.25) is 0 Å². The lowest BCUT2D eigenvalue weighted by Gasteiger charge is -2.10. The molecule has 1 aromatic carbocycles. The number of ether oxygens (including phenoxy) is 2. The number of amides is 3. The molecule has 0 saturated carbocycles. The maximum atomic E-state index is 12.6. The van der Waals surface area contributed by atoms with Crippen LogP contribution >= 0.6 is 0 Å². The molecule has 0 aliphatic heterocycles. The van der Waals surface area contributed by atoms with Gasteiger partial charge in [-0.05, 0) is 30.2 Å². The van der Waals surface area contributed by atoms with Crippen LogP contribution in [0.3, 0.4) is 0 Å². The maximum absolute atomic E-state index is 12.6. The summed E-state index contributed by atoms with van der Waals surface area (Å²) in [6, 6.07) is 8.40. The molecule has 194 valence electrons. The number of rotatable bonds is 11. The van der Waals surface area contributed by atoms with Gasteiger partial charge in [-0.3, -0.25) is 14.4 Å². The van der Waals surface area contributed by atoms with Crippen LogP contribution in [-0.4, -0.2) is 57.0 Å². The van der Waals surface area contributed by atoms with Gasteiger partial charge < -0.3 is 20.1 Å². The Morgan fingerprint density at radius 1 is 0.972 bits per heavy atom. The Balaban J connectivity index is 1.88. The van der Waals surface area contributed by atoms with Crippen molar-refractivity contribution in [1.82, 2.24) is 20.3 Å². The first-order valence-electron chi connectivity index (χ1n) is 11.0. The Morgan fingerprint density at radius 3 is 2.25 bits per heavy atom. The number of carbonyl (C=O) groups is 4. The van der Waals surface area contributed by atoms with E-state index in [1.807, 2.05) is 4.72 Å². The summed E-state index contributed by atoms with van der Waals surface area (Å²) in [5.41, 5.74) is 0.748. The van der Waals surface area contributed by atoms with Crippen molar-refractivity contribution in [2.45, 2.75) is 32.1 Å². The number of hydrogen-bond donors (Lipinski definition) is 3. The third-order valence-electron chi connectivity index (χ3n) is 4.57. The van der Waals surface area contributed by atoms with E-state index >= 15 is 0 Å². The van der Waals surface area contributed by atoms with Crippen LogP contribution in [0.4, 0.5) is 4.79 Å². The summed E-state index contributed by atoms with van der Waals surface area (Å²) >= 11 is 0. The van der Waals surface area contributed by atoms with E-state index in [1.54, 1.807) is 26.0 Å². The molecule has 13 heteroatoms. The molecule has 0 atom stereocenters. The van der Waals surface area contributed by atoms with Crippen LogP contribution in [0.1, 0.15) is 36.7 Å². The number of carbonyl (C=O) groups excluding carboxylic acids is 4. The van der Waals surface area contributed by atoms with Crippen LogP contribution in [0.5, 0.6) is 5.88 Å². The van der Waals surface area contributed by atoms with E-state index in [0.717, 1.165) is 11.8 Å². The van der Waals surface area contributed by atoms with Gasteiger partial charge in [0.05, 0.1) is 17.0 Å². The van der Waals surface area contributed by atoms with Gasteiger partial charge in [0.1, 0.15) is 6.61 Å². The molecule has 0 saturated heterocycles. The Kier molecular flexibility index (Phi) is 10.3. The molecule has 3 N–H and O–H groups in total. The minimum absolute atomic E-state index is 0.0231. The second-order valence-electron chi connectivity index (χ2n) is 7.82. The predicted molar refractivity (Wildman–Crippen MR) is 128 cm³/mol. The van der Waals surface area contributed by atoms with Crippen LogP contribution in [0, 0.1) is 5.92 Å². The quantitative estimate of drug-likeness (QED) is 0.291. The zero-order valence-corrected chi connectivity index (χ0v) is 20.9. The Bertz CT molecular complexity index is 1180. The SMILES string of the molecule is CC(=O)OCCNC(=O)Oc1ccc(C(=O)NS(=O)(=O)c2ccc(CCNC(=O)C(C)C)cc2)cn1. The highest BCUT2D eigenvalue weighted by atomic mass is 32.2. The summed E-state index contributed by atoms with van der Waals surface area (Å²) in [4.78, 5) is 50.0. The summed E-state index contributed by atoms with van der Waals surface area (Å²) in [7, 11) is -4.15. The van der Waals surface area contributed by atoms with Crippen molar-refractivity contribution in [3.8, 4) is 5.88 Å². The summed E-state index contributed by atoms with van der Waals surface area (Å²) < 4.78 is 36.7.